The van der Waals surface area contributed by atoms with Crippen molar-refractivity contribution in [3.05, 3.63) is 115 Å². The largest absolute Gasteiger partial charge is 0.504 e. The molecule has 9 heteroatoms. The van der Waals surface area contributed by atoms with Crippen LogP contribution in [0, 0.1) is 0 Å². The molecule has 0 unspecified atom stereocenters. The molecule has 8 nitrogen and oxygen atoms in total. The van der Waals surface area contributed by atoms with Crippen molar-refractivity contribution in [1.82, 2.24) is 4.57 Å². The summed E-state index contributed by atoms with van der Waals surface area (Å²) >= 11 is 1.25. The van der Waals surface area contributed by atoms with Gasteiger partial charge in [0.1, 0.15) is 5.75 Å². The molecule has 38 heavy (non-hydrogen) atoms. The van der Waals surface area contributed by atoms with Crippen LogP contribution in [-0.4, -0.2) is 29.8 Å². The number of hydrogen-bond donors (Lipinski definition) is 2. The van der Waals surface area contributed by atoms with Gasteiger partial charge in [0.2, 0.25) is 0 Å². The molecule has 0 spiro atoms. The lowest BCUT2D eigenvalue weighted by molar-refractivity contribution is -0.113. The van der Waals surface area contributed by atoms with Gasteiger partial charge in [-0.15, -0.1) is 0 Å². The number of methoxy groups -OCH3 is 2. The number of para-hydroxylation sites is 1. The lowest BCUT2D eigenvalue weighted by atomic mass is 9.94. The van der Waals surface area contributed by atoms with Crippen molar-refractivity contribution in [3.63, 3.8) is 0 Å². The highest BCUT2D eigenvalue weighted by molar-refractivity contribution is 7.07. The van der Waals surface area contributed by atoms with Gasteiger partial charge in [-0.3, -0.25) is 14.2 Å². The van der Waals surface area contributed by atoms with Gasteiger partial charge in [-0.2, -0.15) is 0 Å². The van der Waals surface area contributed by atoms with Gasteiger partial charge in [0.15, 0.2) is 16.3 Å². The van der Waals surface area contributed by atoms with Crippen LogP contribution in [0.2, 0.25) is 0 Å². The fraction of sp³-hybridized carbons (Fsp3) is 0.138. The summed E-state index contributed by atoms with van der Waals surface area (Å²) in [5.41, 5.74) is 2.59. The lowest BCUT2D eigenvalue weighted by Crippen LogP contribution is -2.40. The maximum absolute atomic E-state index is 13.8. The maximum Gasteiger partial charge on any atom is 0.271 e. The summed E-state index contributed by atoms with van der Waals surface area (Å²) in [7, 11) is 3.04. The molecular formula is C29H25N3O5S. The molecule has 1 aliphatic rings. The van der Waals surface area contributed by atoms with Crippen LogP contribution in [0.25, 0.3) is 6.08 Å². The van der Waals surface area contributed by atoms with Gasteiger partial charge in [-0.1, -0.05) is 47.7 Å². The zero-order chi connectivity index (χ0) is 26.8. The Balaban J connectivity index is 1.68. The summed E-state index contributed by atoms with van der Waals surface area (Å²) in [6.07, 6.45) is 1.79. The summed E-state index contributed by atoms with van der Waals surface area (Å²) in [6.45, 7) is 1.76. The number of anilines is 1. The first-order chi connectivity index (χ1) is 18.4. The standard InChI is InChI=1S/C29H25N3O5S/c1-17-25(27(34)31-20-7-5-4-6-8-20)26(19-11-14-22(33)23(16-19)37-3)32-28(35)24(38-29(32)30-17)15-18-9-12-21(36-2)13-10-18/h4-16,26,33H,1-3H3,(H,31,34)/b24-15+/t26-/m0/s1. The van der Waals surface area contributed by atoms with Crippen molar-refractivity contribution in [1.29, 1.82) is 0 Å². The number of aromatic nitrogens is 1. The van der Waals surface area contributed by atoms with Crippen molar-refractivity contribution in [2.75, 3.05) is 19.5 Å². The van der Waals surface area contributed by atoms with Crippen molar-refractivity contribution >= 4 is 29.0 Å². The number of thiazole rings is 1. The van der Waals surface area contributed by atoms with Gasteiger partial charge in [0.25, 0.3) is 11.5 Å². The third kappa shape index (κ3) is 4.71. The number of aromatic hydroxyl groups is 1. The van der Waals surface area contributed by atoms with E-state index in [9.17, 15) is 14.7 Å². The van der Waals surface area contributed by atoms with E-state index in [1.807, 2.05) is 42.5 Å². The Morgan fingerprint density at radius 1 is 1.05 bits per heavy atom. The molecule has 1 atom stereocenters. The summed E-state index contributed by atoms with van der Waals surface area (Å²) in [4.78, 5) is 32.6. The van der Waals surface area contributed by atoms with Gasteiger partial charge >= 0.3 is 0 Å². The Hall–Kier alpha value is -4.63. The van der Waals surface area contributed by atoms with Gasteiger partial charge in [0, 0.05) is 5.69 Å². The molecule has 1 aliphatic heterocycles. The Bertz CT molecular complexity index is 1720. The molecule has 0 saturated heterocycles. The lowest BCUT2D eigenvalue weighted by Gasteiger charge is -2.25. The number of carbonyl (C=O) groups is 1. The minimum atomic E-state index is -0.789. The topological polar surface area (TPSA) is 102 Å². The minimum Gasteiger partial charge on any atom is -0.504 e. The number of benzene rings is 3. The molecule has 2 heterocycles. The molecule has 5 rings (SSSR count). The number of rotatable bonds is 6. The molecule has 3 aromatic carbocycles. The minimum absolute atomic E-state index is 0.0425. The third-order valence-corrected chi connectivity index (χ3v) is 7.21. The SMILES string of the molecule is COc1ccc(/C=c2/sc3n(c2=O)[C@@H](c2ccc(O)c(OC)c2)C(C(=O)Nc2ccccc2)=C(C)N=3)cc1. The highest BCUT2D eigenvalue weighted by Gasteiger charge is 2.33. The van der Waals surface area contributed by atoms with Crippen molar-refractivity contribution in [2.24, 2.45) is 4.99 Å². The van der Waals surface area contributed by atoms with Crippen LogP contribution in [0.3, 0.4) is 0 Å². The zero-order valence-electron chi connectivity index (χ0n) is 21.0. The highest BCUT2D eigenvalue weighted by atomic mass is 32.1. The second-order valence-electron chi connectivity index (χ2n) is 8.61. The highest BCUT2D eigenvalue weighted by Crippen LogP contribution is 2.35. The molecule has 0 saturated carbocycles. The fourth-order valence-electron chi connectivity index (χ4n) is 4.36. The number of fused-ring (bicyclic) bond motifs is 1. The third-order valence-electron chi connectivity index (χ3n) is 6.23. The molecule has 1 amide bonds. The Kier molecular flexibility index (Phi) is 6.85. The van der Waals surface area contributed by atoms with Crippen molar-refractivity contribution < 1.29 is 19.4 Å². The van der Waals surface area contributed by atoms with Crippen molar-refractivity contribution in [3.8, 4) is 17.2 Å². The van der Waals surface area contributed by atoms with E-state index >= 15 is 0 Å². The fourth-order valence-corrected chi connectivity index (χ4v) is 5.41. The summed E-state index contributed by atoms with van der Waals surface area (Å²) < 4.78 is 12.6. The normalized spacial score (nSPS) is 15.0. The quantitative estimate of drug-likeness (QED) is 0.399. The summed E-state index contributed by atoms with van der Waals surface area (Å²) in [5, 5.41) is 13.1. The van der Waals surface area contributed by atoms with Crippen LogP contribution in [0.1, 0.15) is 24.1 Å². The molecule has 1 aromatic heterocycles. The number of phenols is 1. The monoisotopic (exact) mass is 527 g/mol. The second kappa shape index (κ2) is 10.4. The number of ether oxygens (including phenoxy) is 2. The molecule has 0 bridgehead atoms. The van der Waals surface area contributed by atoms with Crippen LogP contribution in [0.4, 0.5) is 5.69 Å². The number of allylic oxidation sites excluding steroid dienone is 1. The van der Waals surface area contributed by atoms with Crippen LogP contribution in [0.15, 0.2) is 93.9 Å². The van der Waals surface area contributed by atoms with Crippen LogP contribution < -0.4 is 29.7 Å². The average Bonchev–Trinajstić information content (AvgIpc) is 3.23. The van der Waals surface area contributed by atoms with E-state index in [2.05, 4.69) is 10.3 Å². The number of amides is 1. The molecule has 0 fully saturated rings. The Morgan fingerprint density at radius 2 is 1.79 bits per heavy atom. The molecule has 192 valence electrons. The van der Waals surface area contributed by atoms with E-state index in [4.69, 9.17) is 9.47 Å². The summed E-state index contributed by atoms with van der Waals surface area (Å²) in [6, 6.07) is 20.5. The van der Waals surface area contributed by atoms with Gasteiger partial charge in [-0.05, 0) is 60.5 Å². The first kappa shape index (κ1) is 25.0. The van der Waals surface area contributed by atoms with E-state index in [0.29, 0.717) is 31.9 Å². The zero-order valence-corrected chi connectivity index (χ0v) is 21.8. The average molecular weight is 528 g/mol. The maximum atomic E-state index is 13.8. The van der Waals surface area contributed by atoms with Gasteiger partial charge < -0.3 is 19.9 Å². The predicted molar refractivity (Wildman–Crippen MR) is 146 cm³/mol. The molecule has 0 aliphatic carbocycles. The molecule has 2 N–H and O–H groups in total. The number of nitrogens with zero attached hydrogens (tertiary/aromatic N) is 2. The molecular weight excluding hydrogens is 502 g/mol. The van der Waals surface area contributed by atoms with E-state index in [-0.39, 0.29) is 23.0 Å². The first-order valence-electron chi connectivity index (χ1n) is 11.8. The smallest absolute Gasteiger partial charge is 0.271 e. The van der Waals surface area contributed by atoms with Gasteiger partial charge in [0.05, 0.1) is 36.1 Å². The first-order valence-corrected chi connectivity index (χ1v) is 12.6. The predicted octanol–water partition coefficient (Wildman–Crippen LogP) is 3.60. The van der Waals surface area contributed by atoms with Gasteiger partial charge in [-0.25, -0.2) is 4.99 Å². The number of carbonyl (C=O) groups excluding carboxylic acids is 1. The Labute approximate surface area is 222 Å². The van der Waals surface area contributed by atoms with E-state index in [1.54, 1.807) is 44.4 Å². The van der Waals surface area contributed by atoms with E-state index < -0.39 is 6.04 Å². The molecule has 0 radical (unpaired) electrons. The van der Waals surface area contributed by atoms with Crippen LogP contribution in [-0.2, 0) is 4.79 Å². The molecule has 4 aromatic rings. The van der Waals surface area contributed by atoms with E-state index in [1.165, 1.54) is 29.1 Å². The van der Waals surface area contributed by atoms with E-state index in [0.717, 1.165) is 11.3 Å². The number of phenolic OH excluding ortho intramolecular Hbond substituents is 1. The number of nitrogens with one attached hydrogen (secondary N) is 1. The second-order valence-corrected chi connectivity index (χ2v) is 9.62. The Morgan fingerprint density at radius 3 is 2.47 bits per heavy atom. The summed E-state index contributed by atoms with van der Waals surface area (Å²) in [5.74, 6) is 0.535. The van der Waals surface area contributed by atoms with Crippen LogP contribution >= 0.6 is 11.3 Å². The van der Waals surface area contributed by atoms with Crippen molar-refractivity contribution in [2.45, 2.75) is 13.0 Å². The van der Waals surface area contributed by atoms with Crippen LogP contribution in [0.5, 0.6) is 17.2 Å². The number of hydrogen-bond acceptors (Lipinski definition) is 7.